The minimum atomic E-state index is -2.65. The summed E-state index contributed by atoms with van der Waals surface area (Å²) in [7, 11) is 0. The lowest BCUT2D eigenvalue weighted by Crippen LogP contribution is -2.60. The molecule has 4 heterocycles. The van der Waals surface area contributed by atoms with Gasteiger partial charge < -0.3 is 19.7 Å². The van der Waals surface area contributed by atoms with Crippen molar-refractivity contribution >= 4 is 23.4 Å². The van der Waals surface area contributed by atoms with Crippen LogP contribution in [0.25, 0.3) is 0 Å². The van der Waals surface area contributed by atoms with Gasteiger partial charge in [0.1, 0.15) is 10.7 Å². The number of alkyl halides is 2. The molecule has 0 aliphatic carbocycles. The number of hydrogen-bond acceptors (Lipinski definition) is 6. The summed E-state index contributed by atoms with van der Waals surface area (Å²) >= 11 is 6.13. The van der Waals surface area contributed by atoms with Crippen LogP contribution in [0.1, 0.15) is 51.9 Å². The van der Waals surface area contributed by atoms with E-state index in [2.05, 4.69) is 15.3 Å². The van der Waals surface area contributed by atoms with Gasteiger partial charge in [-0.2, -0.15) is 0 Å². The highest BCUT2D eigenvalue weighted by molar-refractivity contribution is 6.31. The van der Waals surface area contributed by atoms with Gasteiger partial charge in [0, 0.05) is 30.1 Å². The summed E-state index contributed by atoms with van der Waals surface area (Å²) in [6.45, 7) is 3.87. The summed E-state index contributed by atoms with van der Waals surface area (Å²) in [4.78, 5) is 35.6. The number of carbonyl (C=O) groups excluding carboxylic acids is 2. The molecule has 2 aromatic rings. The summed E-state index contributed by atoms with van der Waals surface area (Å²) in [6.07, 6.45) is 0.218. The van der Waals surface area contributed by atoms with Gasteiger partial charge in [-0.3, -0.25) is 14.6 Å². The zero-order valence-electron chi connectivity index (χ0n) is 17.4. The summed E-state index contributed by atoms with van der Waals surface area (Å²) < 4.78 is 34.8. The molecule has 2 amide bonds. The third kappa shape index (κ3) is 4.24. The molecular formula is C21H21ClF2N4O4. The Kier molecular flexibility index (Phi) is 6.00. The van der Waals surface area contributed by atoms with E-state index < -0.39 is 24.6 Å². The van der Waals surface area contributed by atoms with Crippen molar-refractivity contribution in [2.75, 3.05) is 19.8 Å². The summed E-state index contributed by atoms with van der Waals surface area (Å²) in [5.41, 5.74) is 1.29. The second-order valence-electron chi connectivity index (χ2n) is 8.06. The summed E-state index contributed by atoms with van der Waals surface area (Å²) in [5, 5.41) is 2.98. The Balaban J connectivity index is 1.53. The maximum Gasteiger partial charge on any atom is 0.272 e. The number of pyridine rings is 2. The smallest absolute Gasteiger partial charge is 0.272 e. The molecule has 4 rings (SSSR count). The van der Waals surface area contributed by atoms with Crippen LogP contribution in [0.2, 0.25) is 5.02 Å². The topological polar surface area (TPSA) is 93.7 Å². The first-order valence-electron chi connectivity index (χ1n) is 9.94. The Morgan fingerprint density at radius 1 is 1.41 bits per heavy atom. The van der Waals surface area contributed by atoms with E-state index in [9.17, 15) is 18.4 Å². The van der Waals surface area contributed by atoms with Gasteiger partial charge in [-0.25, -0.2) is 13.8 Å². The van der Waals surface area contributed by atoms with E-state index in [1.807, 2.05) is 6.92 Å². The second-order valence-corrected chi connectivity index (χ2v) is 8.47. The zero-order chi connectivity index (χ0) is 23.0. The van der Waals surface area contributed by atoms with Crippen molar-refractivity contribution in [2.45, 2.75) is 38.4 Å². The number of carbonyl (C=O) groups is 2. The number of rotatable bonds is 7. The molecular weight excluding hydrogens is 446 g/mol. The third-order valence-electron chi connectivity index (χ3n) is 5.47. The number of ether oxygens (including phenoxy) is 2. The lowest BCUT2D eigenvalue weighted by molar-refractivity contribution is -0.0594. The van der Waals surface area contributed by atoms with Crippen molar-refractivity contribution in [3.8, 4) is 5.88 Å². The molecule has 32 heavy (non-hydrogen) atoms. The molecule has 0 spiro atoms. The number of amides is 2. The van der Waals surface area contributed by atoms with Crippen LogP contribution in [-0.2, 0) is 11.3 Å². The number of halogens is 3. The highest BCUT2D eigenvalue weighted by atomic mass is 35.5. The molecule has 1 atom stereocenters. The highest BCUT2D eigenvalue weighted by Gasteiger charge is 2.39. The van der Waals surface area contributed by atoms with E-state index in [0.29, 0.717) is 29.9 Å². The number of nitrogens with zero attached hydrogens (tertiary/aromatic N) is 3. The molecule has 2 aromatic heterocycles. The van der Waals surface area contributed by atoms with Crippen LogP contribution < -0.4 is 10.1 Å². The zero-order valence-corrected chi connectivity index (χ0v) is 18.2. The van der Waals surface area contributed by atoms with E-state index in [0.717, 1.165) is 0 Å². The Morgan fingerprint density at radius 2 is 2.16 bits per heavy atom. The molecule has 0 radical (unpaired) electrons. The fraction of sp³-hybridized carbons (Fsp3) is 0.429. The van der Waals surface area contributed by atoms with Gasteiger partial charge in [-0.1, -0.05) is 11.6 Å². The number of hydrogen-bond donors (Lipinski definition) is 1. The van der Waals surface area contributed by atoms with Crippen LogP contribution in [0.3, 0.4) is 0 Å². The maximum absolute atomic E-state index is 13.1. The summed E-state index contributed by atoms with van der Waals surface area (Å²) in [5.74, 6) is -0.716. The van der Waals surface area contributed by atoms with Crippen LogP contribution in [0.15, 0.2) is 24.5 Å². The SMILES string of the molecule is CC(c1cnc(OCC(F)F)c(Cl)c1)N1Cc2c(ccnc2C(=O)NC2(C)COC2)C1=O. The predicted molar refractivity (Wildman–Crippen MR) is 110 cm³/mol. The van der Waals surface area contributed by atoms with E-state index in [1.54, 1.807) is 17.9 Å². The molecule has 0 saturated carbocycles. The molecule has 1 N–H and O–H groups in total. The monoisotopic (exact) mass is 466 g/mol. The van der Waals surface area contributed by atoms with Gasteiger partial charge in [0.25, 0.3) is 18.2 Å². The molecule has 0 aromatic carbocycles. The van der Waals surface area contributed by atoms with Gasteiger partial charge in [-0.05, 0) is 31.5 Å². The highest BCUT2D eigenvalue weighted by Crippen LogP contribution is 2.34. The van der Waals surface area contributed by atoms with E-state index in [1.165, 1.54) is 18.5 Å². The van der Waals surface area contributed by atoms with Crippen molar-refractivity contribution in [2.24, 2.45) is 0 Å². The quantitative estimate of drug-likeness (QED) is 0.674. The van der Waals surface area contributed by atoms with Crippen LogP contribution >= 0.6 is 11.6 Å². The third-order valence-corrected chi connectivity index (χ3v) is 5.74. The fourth-order valence-corrected chi connectivity index (χ4v) is 3.90. The van der Waals surface area contributed by atoms with Gasteiger partial charge in [-0.15, -0.1) is 0 Å². The van der Waals surface area contributed by atoms with Crippen molar-refractivity contribution in [3.63, 3.8) is 0 Å². The Bertz CT molecular complexity index is 1060. The lowest BCUT2D eigenvalue weighted by atomic mass is 10.00. The molecule has 11 heteroatoms. The number of nitrogens with one attached hydrogen (secondary N) is 1. The Morgan fingerprint density at radius 3 is 2.78 bits per heavy atom. The van der Waals surface area contributed by atoms with E-state index in [4.69, 9.17) is 21.1 Å². The van der Waals surface area contributed by atoms with Crippen LogP contribution in [0.4, 0.5) is 8.78 Å². The Hall–Kier alpha value is -2.85. The first-order valence-corrected chi connectivity index (χ1v) is 10.3. The lowest BCUT2D eigenvalue weighted by Gasteiger charge is -2.38. The van der Waals surface area contributed by atoms with Crippen molar-refractivity contribution in [1.29, 1.82) is 0 Å². The molecule has 0 bridgehead atoms. The van der Waals surface area contributed by atoms with Crippen LogP contribution in [0.5, 0.6) is 5.88 Å². The average Bonchev–Trinajstić information content (AvgIpc) is 3.07. The average molecular weight is 467 g/mol. The number of aromatic nitrogens is 2. The normalized spacial score (nSPS) is 17.7. The maximum atomic E-state index is 13.1. The molecule has 170 valence electrons. The minimum absolute atomic E-state index is 0.0665. The first kappa shape index (κ1) is 22.3. The molecule has 2 aliphatic heterocycles. The van der Waals surface area contributed by atoms with Crippen molar-refractivity contribution in [1.82, 2.24) is 20.2 Å². The largest absolute Gasteiger partial charge is 0.471 e. The predicted octanol–water partition coefficient (Wildman–Crippen LogP) is 3.01. The summed E-state index contributed by atoms with van der Waals surface area (Å²) in [6, 6.07) is 2.67. The van der Waals surface area contributed by atoms with Crippen molar-refractivity contribution < 1.29 is 27.8 Å². The molecule has 1 unspecified atom stereocenters. The first-order chi connectivity index (χ1) is 15.2. The van der Waals surface area contributed by atoms with Gasteiger partial charge in [0.05, 0.1) is 24.8 Å². The van der Waals surface area contributed by atoms with Gasteiger partial charge in [0.15, 0.2) is 6.61 Å². The van der Waals surface area contributed by atoms with Gasteiger partial charge >= 0.3 is 0 Å². The molecule has 8 nitrogen and oxygen atoms in total. The number of fused-ring (bicyclic) bond motifs is 1. The Labute approximate surface area is 187 Å². The van der Waals surface area contributed by atoms with Gasteiger partial charge in [0.2, 0.25) is 5.88 Å². The minimum Gasteiger partial charge on any atom is -0.471 e. The standard InChI is InChI=1S/C21H21ClF2N4O4/c1-11(12-5-15(22)19(26-6-12)32-8-16(23)24)28-7-14-13(20(28)30)3-4-25-17(14)18(29)27-21(2)9-31-10-21/h3-6,11,16H,7-10H2,1-2H3,(H,27,29). The fourth-order valence-electron chi connectivity index (χ4n) is 3.67. The van der Waals surface area contributed by atoms with Crippen LogP contribution in [-0.4, -0.2) is 58.5 Å². The molecule has 1 saturated heterocycles. The second kappa shape index (κ2) is 8.59. The molecule has 2 aliphatic rings. The molecule has 1 fully saturated rings. The van der Waals surface area contributed by atoms with E-state index in [-0.39, 0.29) is 35.0 Å². The van der Waals surface area contributed by atoms with E-state index >= 15 is 0 Å². The van der Waals surface area contributed by atoms with Crippen LogP contribution in [0, 0.1) is 0 Å². The van der Waals surface area contributed by atoms with Crippen molar-refractivity contribution in [3.05, 3.63) is 51.9 Å².